The first-order valence-electron chi connectivity index (χ1n) is 10.9. The fourth-order valence-electron chi connectivity index (χ4n) is 7.22. The van der Waals surface area contributed by atoms with Crippen LogP contribution in [0.3, 0.4) is 0 Å². The van der Waals surface area contributed by atoms with E-state index in [9.17, 15) is 9.59 Å². The van der Waals surface area contributed by atoms with E-state index < -0.39 is 0 Å². The predicted octanol–water partition coefficient (Wildman–Crippen LogP) is 3.81. The summed E-state index contributed by atoms with van der Waals surface area (Å²) in [6.07, 6.45) is 10.7. The van der Waals surface area contributed by atoms with Crippen LogP contribution in [-0.2, 0) is 9.59 Å². The van der Waals surface area contributed by atoms with Crippen molar-refractivity contribution in [1.82, 2.24) is 10.6 Å². The molecule has 0 saturated heterocycles. The van der Waals surface area contributed by atoms with Gasteiger partial charge in [-0.25, -0.2) is 0 Å². The molecule has 4 heteroatoms. The van der Waals surface area contributed by atoms with Crippen LogP contribution in [0.1, 0.15) is 73.1 Å². The lowest BCUT2D eigenvalue weighted by Gasteiger charge is -2.58. The van der Waals surface area contributed by atoms with Crippen LogP contribution in [0.5, 0.6) is 0 Å². The molecule has 1 aliphatic heterocycles. The molecule has 0 aromatic heterocycles. The fraction of sp³-hybridized carbons (Fsp3) is 0.826. The summed E-state index contributed by atoms with van der Waals surface area (Å²) in [5, 5.41) is 6.48. The lowest BCUT2D eigenvalue weighted by atomic mass is 9.48. The number of nitrogens with one attached hydrogen (secondary N) is 2. The van der Waals surface area contributed by atoms with Gasteiger partial charge in [-0.3, -0.25) is 9.59 Å². The van der Waals surface area contributed by atoms with Crippen molar-refractivity contribution in [1.29, 1.82) is 0 Å². The molecule has 0 spiro atoms. The zero-order valence-electron chi connectivity index (χ0n) is 17.6. The molecule has 3 aliphatic carbocycles. The molecule has 0 aromatic rings. The van der Waals surface area contributed by atoms with Crippen LogP contribution in [0.15, 0.2) is 12.2 Å². The van der Waals surface area contributed by atoms with E-state index in [0.717, 1.165) is 19.3 Å². The molecule has 7 atom stereocenters. The quantitative estimate of drug-likeness (QED) is 0.735. The molecule has 0 bridgehead atoms. The first-order chi connectivity index (χ1) is 12.5. The van der Waals surface area contributed by atoms with Crippen molar-refractivity contribution in [3.63, 3.8) is 0 Å². The van der Waals surface area contributed by atoms with Crippen molar-refractivity contribution < 1.29 is 9.59 Å². The van der Waals surface area contributed by atoms with Gasteiger partial charge in [-0.2, -0.15) is 0 Å². The van der Waals surface area contributed by atoms with Crippen molar-refractivity contribution in [2.75, 3.05) is 0 Å². The Hall–Kier alpha value is -1.32. The standard InChI is InChI=1S/C23H36N2O2/c1-21(2,3)25-20(27)17-8-7-15-14-6-9-18-23(5,13-11-19(26)24-18)16(14)10-12-22(15,17)4/h11,13-18H,6-10,12H2,1-5H3,(H,24,26)(H,25,27)/t14-,15-,16-,17+,18?,22-,23+/m0/s1. The monoisotopic (exact) mass is 372 g/mol. The van der Waals surface area contributed by atoms with Gasteiger partial charge < -0.3 is 10.6 Å². The van der Waals surface area contributed by atoms with Gasteiger partial charge >= 0.3 is 0 Å². The Morgan fingerprint density at radius 2 is 1.85 bits per heavy atom. The fourth-order valence-corrected chi connectivity index (χ4v) is 7.22. The summed E-state index contributed by atoms with van der Waals surface area (Å²) in [6, 6.07) is 0.280. The first-order valence-corrected chi connectivity index (χ1v) is 10.9. The number of fused-ring (bicyclic) bond motifs is 5. The Balaban J connectivity index is 1.58. The highest BCUT2D eigenvalue weighted by atomic mass is 16.2. The summed E-state index contributed by atoms with van der Waals surface area (Å²) in [6.45, 7) is 11.0. The average Bonchev–Trinajstić information content (AvgIpc) is 2.91. The lowest BCUT2D eigenvalue weighted by molar-refractivity contribution is -0.135. The van der Waals surface area contributed by atoms with Crippen LogP contribution in [0.25, 0.3) is 0 Å². The van der Waals surface area contributed by atoms with Crippen molar-refractivity contribution >= 4 is 11.8 Å². The number of rotatable bonds is 1. The van der Waals surface area contributed by atoms with E-state index >= 15 is 0 Å². The smallest absolute Gasteiger partial charge is 0.243 e. The summed E-state index contributed by atoms with van der Waals surface area (Å²) in [5.74, 6) is 2.41. The maximum atomic E-state index is 13.0. The minimum atomic E-state index is -0.167. The van der Waals surface area contributed by atoms with E-state index in [1.165, 1.54) is 19.3 Å². The largest absolute Gasteiger partial charge is 0.351 e. The highest BCUT2D eigenvalue weighted by Gasteiger charge is 2.60. The van der Waals surface area contributed by atoms with Gasteiger partial charge in [-0.05, 0) is 88.5 Å². The zero-order chi connectivity index (χ0) is 19.6. The van der Waals surface area contributed by atoms with Crippen LogP contribution < -0.4 is 10.6 Å². The second-order valence-electron chi connectivity index (χ2n) is 11.1. The molecule has 4 nitrogen and oxygen atoms in total. The first kappa shape index (κ1) is 19.0. The number of carbonyl (C=O) groups excluding carboxylic acids is 2. The maximum Gasteiger partial charge on any atom is 0.243 e. The molecule has 27 heavy (non-hydrogen) atoms. The SMILES string of the molecule is CC(C)(C)NC(=O)[C@H]1CC[C@H]2[C@@H]3CCC4NC(=O)C=C[C@]4(C)[C@H]3CC[C@]12C. The van der Waals surface area contributed by atoms with Gasteiger partial charge in [0, 0.05) is 22.9 Å². The van der Waals surface area contributed by atoms with Gasteiger partial charge in [0.15, 0.2) is 0 Å². The predicted molar refractivity (Wildman–Crippen MR) is 107 cm³/mol. The Morgan fingerprint density at radius 3 is 2.56 bits per heavy atom. The molecule has 1 heterocycles. The second kappa shape index (κ2) is 6.09. The van der Waals surface area contributed by atoms with E-state index in [4.69, 9.17) is 0 Å². The molecule has 0 aromatic carbocycles. The molecule has 2 amide bonds. The normalized spacial score (nSPS) is 46.1. The highest BCUT2D eigenvalue weighted by Crippen LogP contribution is 2.65. The third-order valence-electron chi connectivity index (χ3n) is 8.50. The van der Waals surface area contributed by atoms with E-state index in [0.29, 0.717) is 17.8 Å². The summed E-state index contributed by atoms with van der Waals surface area (Å²) in [7, 11) is 0. The van der Waals surface area contributed by atoms with Gasteiger partial charge in [0.25, 0.3) is 0 Å². The van der Waals surface area contributed by atoms with E-state index in [1.54, 1.807) is 6.08 Å². The minimum absolute atomic E-state index is 0.0661. The Kier molecular flexibility index (Phi) is 4.29. The van der Waals surface area contributed by atoms with E-state index in [2.05, 4.69) is 51.3 Å². The number of hydrogen-bond acceptors (Lipinski definition) is 2. The van der Waals surface area contributed by atoms with Gasteiger partial charge in [0.1, 0.15) is 0 Å². The molecular weight excluding hydrogens is 336 g/mol. The van der Waals surface area contributed by atoms with Crippen molar-refractivity contribution in [2.24, 2.45) is 34.5 Å². The topological polar surface area (TPSA) is 58.2 Å². The second-order valence-corrected chi connectivity index (χ2v) is 11.1. The summed E-state index contributed by atoms with van der Waals surface area (Å²) in [5.41, 5.74) is 0.0323. The Labute approximate surface area is 163 Å². The van der Waals surface area contributed by atoms with Crippen LogP contribution in [0.2, 0.25) is 0 Å². The Bertz CT molecular complexity index is 678. The summed E-state index contributed by atoms with van der Waals surface area (Å²) >= 11 is 0. The molecule has 0 radical (unpaired) electrons. The van der Waals surface area contributed by atoms with Crippen molar-refractivity contribution in [3.05, 3.63) is 12.2 Å². The van der Waals surface area contributed by atoms with Gasteiger partial charge in [0.05, 0.1) is 0 Å². The zero-order valence-corrected chi connectivity index (χ0v) is 17.6. The number of carbonyl (C=O) groups is 2. The van der Waals surface area contributed by atoms with Crippen LogP contribution >= 0.6 is 0 Å². The lowest BCUT2D eigenvalue weighted by Crippen LogP contribution is -2.59. The maximum absolute atomic E-state index is 13.0. The molecule has 3 fully saturated rings. The highest BCUT2D eigenvalue weighted by molar-refractivity contribution is 5.89. The molecule has 3 saturated carbocycles. The van der Waals surface area contributed by atoms with Crippen LogP contribution in [0, 0.1) is 34.5 Å². The van der Waals surface area contributed by atoms with Gasteiger partial charge in [-0.1, -0.05) is 19.9 Å². The number of amides is 2. The summed E-state index contributed by atoms with van der Waals surface area (Å²) < 4.78 is 0. The van der Waals surface area contributed by atoms with Crippen molar-refractivity contribution in [2.45, 2.75) is 84.7 Å². The van der Waals surface area contributed by atoms with Crippen LogP contribution in [0.4, 0.5) is 0 Å². The minimum Gasteiger partial charge on any atom is -0.351 e. The molecular formula is C23H36N2O2. The van der Waals surface area contributed by atoms with Gasteiger partial charge in [0.2, 0.25) is 11.8 Å². The van der Waals surface area contributed by atoms with Crippen LogP contribution in [-0.4, -0.2) is 23.4 Å². The molecule has 1 unspecified atom stereocenters. The molecule has 150 valence electrons. The van der Waals surface area contributed by atoms with E-state index in [-0.39, 0.29) is 40.1 Å². The average molecular weight is 373 g/mol. The number of hydrogen-bond donors (Lipinski definition) is 2. The van der Waals surface area contributed by atoms with E-state index in [1.807, 2.05) is 0 Å². The summed E-state index contributed by atoms with van der Waals surface area (Å²) in [4.78, 5) is 24.9. The van der Waals surface area contributed by atoms with Crippen molar-refractivity contribution in [3.8, 4) is 0 Å². The molecule has 2 N–H and O–H groups in total. The molecule has 4 aliphatic rings. The third-order valence-corrected chi connectivity index (χ3v) is 8.50. The Morgan fingerprint density at radius 1 is 1.11 bits per heavy atom. The third kappa shape index (κ3) is 2.94. The molecule has 4 rings (SSSR count). The van der Waals surface area contributed by atoms with Gasteiger partial charge in [-0.15, -0.1) is 0 Å².